The molecule has 0 saturated heterocycles. The van der Waals surface area contributed by atoms with E-state index in [9.17, 15) is 4.79 Å². The molecule has 128 valence electrons. The summed E-state index contributed by atoms with van der Waals surface area (Å²) >= 11 is 0. The van der Waals surface area contributed by atoms with E-state index in [1.54, 1.807) is 6.33 Å². The molecule has 0 aliphatic heterocycles. The highest BCUT2D eigenvalue weighted by Crippen LogP contribution is 2.19. The molecular weight excluding hydrogens is 388 g/mol. The van der Waals surface area contributed by atoms with Crippen molar-refractivity contribution in [2.24, 2.45) is 0 Å². The van der Waals surface area contributed by atoms with Gasteiger partial charge in [0.25, 0.3) is 6.33 Å². The number of halogens is 1. The smallest absolute Gasteiger partial charge is 0.287 e. The molecule has 0 bridgehead atoms. The van der Waals surface area contributed by atoms with Gasteiger partial charge in [0, 0.05) is 17.2 Å². The number of carbonyl (C=O) groups excluding carboxylic acids is 1. The summed E-state index contributed by atoms with van der Waals surface area (Å²) in [4.78, 5) is 17.2. The van der Waals surface area contributed by atoms with Crippen LogP contribution >= 0.6 is 17.0 Å². The number of Topliss-reactive ketones (excluding diaryl/α,β-unsaturated/α-hetero) is 1. The lowest BCUT2D eigenvalue weighted by molar-refractivity contribution is -0.686. The van der Waals surface area contributed by atoms with Crippen LogP contribution in [0.3, 0.4) is 0 Å². The van der Waals surface area contributed by atoms with Gasteiger partial charge < -0.3 is 0 Å². The van der Waals surface area contributed by atoms with Gasteiger partial charge in [0.2, 0.25) is 5.78 Å². The van der Waals surface area contributed by atoms with Crippen molar-refractivity contribution in [2.45, 2.75) is 6.54 Å². The van der Waals surface area contributed by atoms with E-state index < -0.39 is 0 Å². The number of aromatic nitrogens is 2. The van der Waals surface area contributed by atoms with Gasteiger partial charge in [0.05, 0.1) is 6.20 Å². The Balaban J connectivity index is 0.00000196. The van der Waals surface area contributed by atoms with Crippen LogP contribution in [0.25, 0.3) is 22.0 Å². The summed E-state index contributed by atoms with van der Waals surface area (Å²) in [5.41, 5.74) is 2.71. The quantitative estimate of drug-likeness (QED) is 0.365. The zero-order valence-electron chi connectivity index (χ0n) is 14.1. The number of rotatable bonds is 4. The molecule has 26 heavy (non-hydrogen) atoms. The SMILES string of the molecule is Br.O=C(C[n+]1ccc(-c2ccccc2)nc1)c1cccc2ccccc12. The molecule has 3 aromatic carbocycles. The van der Waals surface area contributed by atoms with Crippen LogP contribution in [0.5, 0.6) is 0 Å². The topological polar surface area (TPSA) is 33.8 Å². The first-order valence-corrected chi connectivity index (χ1v) is 8.23. The number of ketones is 1. The number of nitrogens with zero attached hydrogens (tertiary/aromatic N) is 2. The van der Waals surface area contributed by atoms with Crippen LogP contribution in [0, 0.1) is 0 Å². The highest BCUT2D eigenvalue weighted by Gasteiger charge is 2.14. The fourth-order valence-corrected chi connectivity index (χ4v) is 2.98. The summed E-state index contributed by atoms with van der Waals surface area (Å²) in [6, 6.07) is 25.7. The van der Waals surface area contributed by atoms with Crippen molar-refractivity contribution in [3.05, 3.63) is 97.0 Å². The largest absolute Gasteiger partial charge is 0.290 e. The molecule has 0 N–H and O–H groups in total. The molecule has 0 aliphatic carbocycles. The summed E-state index contributed by atoms with van der Waals surface area (Å²) < 4.78 is 1.82. The lowest BCUT2D eigenvalue weighted by Gasteiger charge is -2.05. The fraction of sp³-hybridized carbons (Fsp3) is 0.0455. The molecule has 0 saturated carbocycles. The van der Waals surface area contributed by atoms with Crippen molar-refractivity contribution in [3.63, 3.8) is 0 Å². The minimum absolute atomic E-state index is 0. The van der Waals surface area contributed by atoms with Crippen LogP contribution in [-0.4, -0.2) is 10.8 Å². The van der Waals surface area contributed by atoms with Crippen LogP contribution in [0.2, 0.25) is 0 Å². The molecule has 0 spiro atoms. The van der Waals surface area contributed by atoms with Crippen LogP contribution in [0.15, 0.2) is 91.4 Å². The van der Waals surface area contributed by atoms with Crippen molar-refractivity contribution in [1.82, 2.24) is 4.98 Å². The zero-order chi connectivity index (χ0) is 17.1. The minimum Gasteiger partial charge on any atom is -0.290 e. The van der Waals surface area contributed by atoms with Crippen molar-refractivity contribution in [2.75, 3.05) is 0 Å². The van der Waals surface area contributed by atoms with Crippen molar-refractivity contribution in [3.8, 4) is 11.3 Å². The molecule has 1 aromatic heterocycles. The summed E-state index contributed by atoms with van der Waals surface area (Å²) in [5.74, 6) is 0.0797. The minimum atomic E-state index is 0. The molecule has 4 rings (SSSR count). The Labute approximate surface area is 162 Å². The Bertz CT molecular complexity index is 1030. The van der Waals surface area contributed by atoms with Crippen LogP contribution < -0.4 is 4.57 Å². The van der Waals surface area contributed by atoms with Gasteiger partial charge in [0.1, 0.15) is 0 Å². The molecule has 0 aliphatic rings. The zero-order valence-corrected chi connectivity index (χ0v) is 15.8. The third-order valence-corrected chi connectivity index (χ3v) is 4.25. The van der Waals surface area contributed by atoms with Crippen molar-refractivity contribution in [1.29, 1.82) is 0 Å². The van der Waals surface area contributed by atoms with Gasteiger partial charge >= 0.3 is 0 Å². The molecular formula is C22H18BrN2O+. The second-order valence-corrected chi connectivity index (χ2v) is 5.93. The first-order valence-electron chi connectivity index (χ1n) is 8.23. The van der Waals surface area contributed by atoms with E-state index >= 15 is 0 Å². The molecule has 0 fully saturated rings. The summed E-state index contributed by atoms with van der Waals surface area (Å²) in [5, 5.41) is 2.07. The van der Waals surface area contributed by atoms with E-state index in [1.165, 1.54) is 0 Å². The van der Waals surface area contributed by atoms with E-state index in [0.717, 1.165) is 27.6 Å². The monoisotopic (exact) mass is 405 g/mol. The van der Waals surface area contributed by atoms with Gasteiger partial charge in [-0.15, -0.1) is 17.0 Å². The van der Waals surface area contributed by atoms with Crippen LogP contribution in [-0.2, 0) is 6.54 Å². The maximum atomic E-state index is 12.7. The molecule has 0 atom stereocenters. The van der Waals surface area contributed by atoms with Gasteiger partial charge in [0.15, 0.2) is 12.2 Å². The first kappa shape index (κ1) is 18.0. The Morgan fingerprint density at radius 1 is 0.846 bits per heavy atom. The molecule has 4 heteroatoms. The standard InChI is InChI=1S/C22H17N2O.BrH/c25-22(20-12-6-10-17-7-4-5-11-19(17)20)15-24-14-13-21(23-16-24)18-8-2-1-3-9-18;/h1-14,16H,15H2;1H/q+1;. The van der Waals surface area contributed by atoms with Gasteiger partial charge in [-0.25, -0.2) is 4.57 Å². The van der Waals surface area contributed by atoms with Gasteiger partial charge in [-0.2, -0.15) is 0 Å². The van der Waals surface area contributed by atoms with Crippen molar-refractivity contribution >= 4 is 33.5 Å². The predicted octanol–water partition coefficient (Wildman–Crippen LogP) is 4.65. The van der Waals surface area contributed by atoms with Gasteiger partial charge in [-0.1, -0.05) is 72.8 Å². The normalized spacial score (nSPS) is 10.3. The lowest BCUT2D eigenvalue weighted by Crippen LogP contribution is -2.37. The van der Waals surface area contributed by atoms with E-state index in [-0.39, 0.29) is 29.3 Å². The first-order chi connectivity index (χ1) is 12.3. The second kappa shape index (κ2) is 8.02. The maximum Gasteiger partial charge on any atom is 0.287 e. The Hall–Kier alpha value is -2.85. The summed E-state index contributed by atoms with van der Waals surface area (Å²) in [6.07, 6.45) is 3.61. The van der Waals surface area contributed by atoms with Crippen LogP contribution in [0.1, 0.15) is 10.4 Å². The highest BCUT2D eigenvalue weighted by molar-refractivity contribution is 8.93. The molecule has 3 nitrogen and oxygen atoms in total. The van der Waals surface area contributed by atoms with E-state index in [1.807, 2.05) is 89.6 Å². The van der Waals surface area contributed by atoms with Crippen LogP contribution in [0.4, 0.5) is 0 Å². The van der Waals surface area contributed by atoms with E-state index in [0.29, 0.717) is 0 Å². The predicted molar refractivity (Wildman–Crippen MR) is 108 cm³/mol. The number of carbonyl (C=O) groups is 1. The Morgan fingerprint density at radius 3 is 2.35 bits per heavy atom. The average molecular weight is 406 g/mol. The average Bonchev–Trinajstić information content (AvgIpc) is 2.69. The number of benzene rings is 3. The molecule has 0 unspecified atom stereocenters. The van der Waals surface area contributed by atoms with Gasteiger partial charge in [-0.05, 0) is 15.8 Å². The molecule has 1 heterocycles. The second-order valence-electron chi connectivity index (χ2n) is 5.93. The summed E-state index contributed by atoms with van der Waals surface area (Å²) in [6.45, 7) is 0.274. The molecule has 4 aromatic rings. The third kappa shape index (κ3) is 3.70. The van der Waals surface area contributed by atoms with E-state index in [4.69, 9.17) is 0 Å². The Morgan fingerprint density at radius 2 is 1.58 bits per heavy atom. The fourth-order valence-electron chi connectivity index (χ4n) is 2.98. The summed E-state index contributed by atoms with van der Waals surface area (Å²) in [7, 11) is 0. The highest BCUT2D eigenvalue weighted by atomic mass is 79.9. The van der Waals surface area contributed by atoms with E-state index in [2.05, 4.69) is 4.98 Å². The molecule has 0 radical (unpaired) electrons. The van der Waals surface area contributed by atoms with Gasteiger partial charge in [-0.3, -0.25) is 4.79 Å². The maximum absolute atomic E-state index is 12.7. The third-order valence-electron chi connectivity index (χ3n) is 4.25. The molecule has 0 amide bonds. The number of hydrogen-bond acceptors (Lipinski definition) is 2. The van der Waals surface area contributed by atoms with Crippen molar-refractivity contribution < 1.29 is 9.36 Å². The lowest BCUT2D eigenvalue weighted by atomic mass is 10.0. The number of hydrogen-bond donors (Lipinski definition) is 0. The number of fused-ring (bicyclic) bond motifs is 1. The Kier molecular flexibility index (Phi) is 5.54.